The molecule has 9 nitrogen and oxygen atoms in total. The van der Waals surface area contributed by atoms with E-state index in [9.17, 15) is 19.3 Å². The van der Waals surface area contributed by atoms with Gasteiger partial charge >= 0.3 is 13.5 Å². The van der Waals surface area contributed by atoms with E-state index >= 15 is 0 Å². The van der Waals surface area contributed by atoms with Gasteiger partial charge in [0.1, 0.15) is 0 Å². The van der Waals surface area contributed by atoms with Gasteiger partial charge in [-0.3, -0.25) is 18.9 Å². The zero-order valence-corrected chi connectivity index (χ0v) is 12.2. The van der Waals surface area contributed by atoms with E-state index < -0.39 is 31.1 Å². The molecule has 0 spiro atoms. The number of hydrogen-bond donors (Lipinski definition) is 4. The Morgan fingerprint density at radius 1 is 1.43 bits per heavy atom. The smallest absolute Gasteiger partial charge is 0.393 e. The van der Waals surface area contributed by atoms with Crippen LogP contribution in [0.5, 0.6) is 0 Å². The maximum Gasteiger partial charge on any atom is 0.469 e. The molecule has 10 heteroatoms. The van der Waals surface area contributed by atoms with Crippen LogP contribution in [0.2, 0.25) is 0 Å². The second kappa shape index (κ2) is 5.86. The molecule has 21 heavy (non-hydrogen) atoms. The topological polar surface area (TPSA) is 142 Å². The highest BCUT2D eigenvalue weighted by molar-refractivity contribution is 7.46. The predicted octanol–water partition coefficient (Wildman–Crippen LogP) is -0.734. The first kappa shape index (κ1) is 16.1. The van der Waals surface area contributed by atoms with Gasteiger partial charge in [-0.1, -0.05) is 0 Å². The summed E-state index contributed by atoms with van der Waals surface area (Å²) in [6, 6.07) is -0.353. The van der Waals surface area contributed by atoms with Gasteiger partial charge in [0, 0.05) is 23.7 Å². The molecule has 0 amide bonds. The summed E-state index contributed by atoms with van der Waals surface area (Å²) in [6.45, 7) is 1.27. The van der Waals surface area contributed by atoms with Crippen LogP contribution in [0, 0.1) is 12.8 Å². The number of aliphatic hydroxyl groups is 1. The lowest BCUT2D eigenvalue weighted by Gasteiger charge is -2.15. The number of hydrogen-bond acceptors (Lipinski definition) is 5. The first-order valence-electron chi connectivity index (χ1n) is 6.37. The Morgan fingerprint density at radius 2 is 2.10 bits per heavy atom. The molecule has 0 bridgehead atoms. The van der Waals surface area contributed by atoms with Gasteiger partial charge in [0.25, 0.3) is 5.56 Å². The number of aliphatic hydroxyl groups excluding tert-OH is 1. The number of nitrogens with one attached hydrogen (secondary N) is 1. The van der Waals surface area contributed by atoms with Crippen molar-refractivity contribution in [2.24, 2.45) is 5.92 Å². The van der Waals surface area contributed by atoms with E-state index in [0.717, 1.165) is 0 Å². The Kier molecular flexibility index (Phi) is 4.50. The van der Waals surface area contributed by atoms with Crippen LogP contribution in [-0.4, -0.2) is 37.2 Å². The summed E-state index contributed by atoms with van der Waals surface area (Å²) in [5, 5.41) is 9.91. The van der Waals surface area contributed by atoms with Crippen molar-refractivity contribution in [1.29, 1.82) is 0 Å². The molecule has 0 unspecified atom stereocenters. The Balaban J connectivity index is 2.14. The van der Waals surface area contributed by atoms with Crippen LogP contribution >= 0.6 is 7.82 Å². The van der Waals surface area contributed by atoms with Crippen LogP contribution in [0.15, 0.2) is 15.8 Å². The molecule has 0 radical (unpaired) electrons. The minimum atomic E-state index is -4.59. The summed E-state index contributed by atoms with van der Waals surface area (Å²) >= 11 is 0. The summed E-state index contributed by atoms with van der Waals surface area (Å²) in [5.74, 6) is -0.484. The number of phosphoric acid groups is 1. The molecule has 0 saturated heterocycles. The molecule has 1 aliphatic rings. The monoisotopic (exact) mass is 320 g/mol. The fourth-order valence-corrected chi connectivity index (χ4v) is 2.92. The predicted molar refractivity (Wildman–Crippen MR) is 71.8 cm³/mol. The SMILES string of the molecule is Cc1cn([C@@H]2C[C@H](COP(=O)(O)O)[C@@H](O)C2)c(=O)[nH]c1=O. The van der Waals surface area contributed by atoms with Crippen molar-refractivity contribution in [3.05, 3.63) is 32.6 Å². The zero-order chi connectivity index (χ0) is 15.8. The Morgan fingerprint density at radius 3 is 2.71 bits per heavy atom. The summed E-state index contributed by atoms with van der Waals surface area (Å²) < 4.78 is 16.4. The van der Waals surface area contributed by atoms with Crippen LogP contribution in [0.25, 0.3) is 0 Å². The molecule has 1 aromatic rings. The van der Waals surface area contributed by atoms with Gasteiger partial charge < -0.3 is 14.9 Å². The third kappa shape index (κ3) is 3.90. The molecule has 118 valence electrons. The quantitative estimate of drug-likeness (QED) is 0.535. The van der Waals surface area contributed by atoms with Crippen molar-refractivity contribution >= 4 is 7.82 Å². The minimum Gasteiger partial charge on any atom is -0.393 e. The number of aromatic nitrogens is 2. The number of rotatable bonds is 4. The lowest BCUT2D eigenvalue weighted by atomic mass is 10.1. The van der Waals surface area contributed by atoms with Gasteiger partial charge in [-0.15, -0.1) is 0 Å². The van der Waals surface area contributed by atoms with Gasteiger partial charge in [0.05, 0.1) is 12.7 Å². The third-order valence-corrected chi connectivity index (χ3v) is 4.11. The van der Waals surface area contributed by atoms with Gasteiger partial charge in [-0.2, -0.15) is 0 Å². The van der Waals surface area contributed by atoms with Crippen molar-refractivity contribution in [2.45, 2.75) is 31.9 Å². The van der Waals surface area contributed by atoms with Crippen molar-refractivity contribution in [3.8, 4) is 0 Å². The standard InChI is InChI=1S/C11H17N2O7P/c1-6-4-13(11(16)12-10(6)15)8-2-7(9(14)3-8)5-20-21(17,18)19/h4,7-9,14H,2-3,5H2,1H3,(H,12,15,16)(H2,17,18,19)/t7-,8-,9+/m1/s1. The van der Waals surface area contributed by atoms with Crippen LogP contribution in [0.3, 0.4) is 0 Å². The highest BCUT2D eigenvalue weighted by atomic mass is 31.2. The van der Waals surface area contributed by atoms with Crippen molar-refractivity contribution in [1.82, 2.24) is 9.55 Å². The Labute approximate surface area is 119 Å². The maximum absolute atomic E-state index is 11.8. The van der Waals surface area contributed by atoms with E-state index in [1.807, 2.05) is 0 Å². The first-order chi connectivity index (χ1) is 9.67. The molecule has 1 fully saturated rings. The highest BCUT2D eigenvalue weighted by Gasteiger charge is 2.36. The molecule has 4 N–H and O–H groups in total. The van der Waals surface area contributed by atoms with E-state index in [0.29, 0.717) is 12.0 Å². The molecule has 1 aliphatic carbocycles. The van der Waals surface area contributed by atoms with Crippen LogP contribution < -0.4 is 11.2 Å². The van der Waals surface area contributed by atoms with E-state index in [4.69, 9.17) is 9.79 Å². The first-order valence-corrected chi connectivity index (χ1v) is 7.90. The van der Waals surface area contributed by atoms with Crippen molar-refractivity contribution < 1.29 is 24.0 Å². The highest BCUT2D eigenvalue weighted by Crippen LogP contribution is 2.40. The van der Waals surface area contributed by atoms with E-state index in [1.54, 1.807) is 6.92 Å². The lowest BCUT2D eigenvalue weighted by Crippen LogP contribution is -2.32. The summed E-state index contributed by atoms with van der Waals surface area (Å²) in [7, 11) is -4.59. The summed E-state index contributed by atoms with van der Waals surface area (Å²) in [5.41, 5.74) is -0.658. The van der Waals surface area contributed by atoms with Crippen LogP contribution in [0.1, 0.15) is 24.4 Å². The zero-order valence-electron chi connectivity index (χ0n) is 11.3. The second-order valence-corrected chi connectivity index (χ2v) is 6.46. The molecule has 1 aromatic heterocycles. The molecule has 0 aromatic carbocycles. The van der Waals surface area contributed by atoms with Crippen LogP contribution in [-0.2, 0) is 9.09 Å². The molecule has 3 atom stereocenters. The normalized spacial score (nSPS) is 26.2. The fourth-order valence-electron chi connectivity index (χ4n) is 2.53. The molecule has 0 aliphatic heterocycles. The van der Waals surface area contributed by atoms with Gasteiger partial charge in [0.15, 0.2) is 0 Å². The Hall–Kier alpha value is -1.25. The molecular formula is C11H17N2O7P. The lowest BCUT2D eigenvalue weighted by molar-refractivity contribution is 0.0843. The average Bonchev–Trinajstić information content (AvgIpc) is 2.72. The number of phosphoric ester groups is 1. The molecule has 1 saturated carbocycles. The van der Waals surface area contributed by atoms with E-state index in [2.05, 4.69) is 9.51 Å². The van der Waals surface area contributed by atoms with Crippen molar-refractivity contribution in [2.75, 3.05) is 6.61 Å². The van der Waals surface area contributed by atoms with Gasteiger partial charge in [-0.25, -0.2) is 9.36 Å². The number of aryl methyl sites for hydroxylation is 1. The minimum absolute atomic E-state index is 0.251. The largest absolute Gasteiger partial charge is 0.469 e. The average molecular weight is 320 g/mol. The van der Waals surface area contributed by atoms with E-state index in [1.165, 1.54) is 10.8 Å². The maximum atomic E-state index is 11.8. The number of aromatic amines is 1. The Bertz CT molecular complexity index is 676. The van der Waals surface area contributed by atoms with Crippen LogP contribution in [0.4, 0.5) is 0 Å². The van der Waals surface area contributed by atoms with Crippen molar-refractivity contribution in [3.63, 3.8) is 0 Å². The fraction of sp³-hybridized carbons (Fsp3) is 0.636. The molecular weight excluding hydrogens is 303 g/mol. The van der Waals surface area contributed by atoms with Gasteiger partial charge in [-0.05, 0) is 19.8 Å². The van der Waals surface area contributed by atoms with E-state index in [-0.39, 0.29) is 19.1 Å². The number of H-pyrrole nitrogens is 1. The third-order valence-electron chi connectivity index (χ3n) is 3.63. The number of nitrogens with zero attached hydrogens (tertiary/aromatic N) is 1. The van der Waals surface area contributed by atoms with Gasteiger partial charge in [0.2, 0.25) is 0 Å². The molecule has 2 rings (SSSR count). The summed E-state index contributed by atoms with van der Waals surface area (Å²) in [4.78, 5) is 42.6. The summed E-state index contributed by atoms with van der Waals surface area (Å²) in [6.07, 6.45) is 1.17. The molecule has 1 heterocycles. The second-order valence-electron chi connectivity index (χ2n) is 5.22.